The Bertz CT molecular complexity index is 663. The van der Waals surface area contributed by atoms with Gasteiger partial charge < -0.3 is 10.4 Å². The van der Waals surface area contributed by atoms with Gasteiger partial charge in [0.1, 0.15) is 6.54 Å². The van der Waals surface area contributed by atoms with Crippen molar-refractivity contribution >= 4 is 17.5 Å². The molecule has 2 aromatic rings. The van der Waals surface area contributed by atoms with Crippen LogP contribution < -0.4 is 5.32 Å². The van der Waals surface area contributed by atoms with Crippen molar-refractivity contribution in [3.8, 4) is 11.4 Å². The molecule has 0 aliphatic heterocycles. The molecule has 0 fully saturated rings. The summed E-state index contributed by atoms with van der Waals surface area (Å²) in [6.45, 7) is 5.84. The van der Waals surface area contributed by atoms with Crippen molar-refractivity contribution in [3.63, 3.8) is 0 Å². The largest absolute Gasteiger partial charge is 0.391 e. The molecule has 0 saturated heterocycles. The van der Waals surface area contributed by atoms with Crippen molar-refractivity contribution in [3.05, 3.63) is 29.3 Å². The monoisotopic (exact) mass is 337 g/mol. The molecule has 2 N–H and O–H groups in total. The predicted octanol–water partition coefficient (Wildman–Crippen LogP) is 1.52. The van der Waals surface area contributed by atoms with Crippen LogP contribution in [0.25, 0.3) is 11.4 Å². The zero-order chi connectivity index (χ0) is 17.0. The fourth-order valence-corrected chi connectivity index (χ4v) is 1.85. The van der Waals surface area contributed by atoms with Gasteiger partial charge in [-0.15, -0.1) is 10.2 Å². The fraction of sp³-hybridized carbons (Fsp3) is 0.467. The van der Waals surface area contributed by atoms with E-state index in [2.05, 4.69) is 20.7 Å². The lowest BCUT2D eigenvalue weighted by Gasteiger charge is -2.25. The Labute approximate surface area is 139 Å². The van der Waals surface area contributed by atoms with Crippen LogP contribution in [0.2, 0.25) is 5.02 Å². The van der Waals surface area contributed by atoms with Gasteiger partial charge in [0.15, 0.2) is 0 Å². The zero-order valence-electron chi connectivity index (χ0n) is 13.3. The lowest BCUT2D eigenvalue weighted by atomic mass is 9.89. The van der Waals surface area contributed by atoms with Crippen molar-refractivity contribution in [2.45, 2.75) is 33.4 Å². The molecule has 1 atom stereocenters. The number of hydrogen-bond acceptors (Lipinski definition) is 5. The van der Waals surface area contributed by atoms with Gasteiger partial charge in [-0.25, -0.2) is 0 Å². The van der Waals surface area contributed by atoms with Crippen LogP contribution in [-0.4, -0.2) is 43.9 Å². The molecular weight excluding hydrogens is 318 g/mol. The van der Waals surface area contributed by atoms with E-state index in [1.54, 1.807) is 24.3 Å². The summed E-state index contributed by atoms with van der Waals surface area (Å²) in [6.07, 6.45) is -0.625. The number of aromatic nitrogens is 4. The van der Waals surface area contributed by atoms with Crippen molar-refractivity contribution in [1.82, 2.24) is 25.5 Å². The topological polar surface area (TPSA) is 92.9 Å². The van der Waals surface area contributed by atoms with E-state index in [4.69, 9.17) is 11.6 Å². The molecule has 0 aliphatic rings. The standard InChI is InChI=1S/C15H20ClN5O2/c1-15(2,3)12(22)8-17-13(23)9-21-19-14(18-20-21)10-4-6-11(16)7-5-10/h4-7,12,22H,8-9H2,1-3H3,(H,17,23). The number of tetrazole rings is 1. The minimum atomic E-state index is -0.625. The summed E-state index contributed by atoms with van der Waals surface area (Å²) < 4.78 is 0. The van der Waals surface area contributed by atoms with E-state index in [0.717, 1.165) is 5.56 Å². The Morgan fingerprint density at radius 3 is 2.61 bits per heavy atom. The second kappa shape index (κ2) is 7.06. The number of halogens is 1. The second-order valence-corrected chi connectivity index (χ2v) is 6.77. The van der Waals surface area contributed by atoms with Crippen LogP contribution in [0.15, 0.2) is 24.3 Å². The maximum atomic E-state index is 11.9. The number of rotatable bonds is 5. The van der Waals surface area contributed by atoms with Crippen LogP contribution in [0.4, 0.5) is 0 Å². The average Bonchev–Trinajstić information content (AvgIpc) is 2.93. The predicted molar refractivity (Wildman–Crippen MR) is 86.7 cm³/mol. The molecule has 1 unspecified atom stereocenters. The lowest BCUT2D eigenvalue weighted by molar-refractivity contribution is -0.122. The number of benzene rings is 1. The molecule has 23 heavy (non-hydrogen) atoms. The van der Waals surface area contributed by atoms with Crippen molar-refractivity contribution < 1.29 is 9.90 Å². The van der Waals surface area contributed by atoms with E-state index in [0.29, 0.717) is 10.8 Å². The lowest BCUT2D eigenvalue weighted by Crippen LogP contribution is -2.40. The quantitative estimate of drug-likeness (QED) is 0.862. The molecule has 2 rings (SSSR count). The first-order chi connectivity index (χ1) is 10.8. The number of nitrogens with one attached hydrogen (secondary N) is 1. The molecule has 8 heteroatoms. The van der Waals surface area contributed by atoms with Crippen LogP contribution in [0.1, 0.15) is 20.8 Å². The van der Waals surface area contributed by atoms with Crippen molar-refractivity contribution in [2.24, 2.45) is 5.41 Å². The van der Waals surface area contributed by atoms with Crippen LogP contribution in [0, 0.1) is 5.41 Å². The molecule has 1 heterocycles. The molecule has 7 nitrogen and oxygen atoms in total. The van der Waals surface area contributed by atoms with Crippen LogP contribution >= 0.6 is 11.6 Å². The van der Waals surface area contributed by atoms with Gasteiger partial charge in [-0.3, -0.25) is 4.79 Å². The van der Waals surface area contributed by atoms with Gasteiger partial charge in [-0.05, 0) is 34.9 Å². The van der Waals surface area contributed by atoms with E-state index in [9.17, 15) is 9.90 Å². The maximum Gasteiger partial charge on any atom is 0.243 e. The Morgan fingerprint density at radius 2 is 2.00 bits per heavy atom. The highest BCUT2D eigenvalue weighted by Gasteiger charge is 2.22. The van der Waals surface area contributed by atoms with Gasteiger partial charge >= 0.3 is 0 Å². The average molecular weight is 338 g/mol. The molecule has 1 aromatic heterocycles. The number of carbonyl (C=O) groups is 1. The van der Waals surface area contributed by atoms with Gasteiger partial charge in [-0.1, -0.05) is 32.4 Å². The summed E-state index contributed by atoms with van der Waals surface area (Å²) in [5, 5.41) is 25.1. The van der Waals surface area contributed by atoms with Crippen LogP contribution in [-0.2, 0) is 11.3 Å². The number of carbonyl (C=O) groups excluding carboxylic acids is 1. The number of aliphatic hydroxyl groups excluding tert-OH is 1. The summed E-state index contributed by atoms with van der Waals surface area (Å²) in [7, 11) is 0. The van der Waals surface area contributed by atoms with E-state index >= 15 is 0 Å². The van der Waals surface area contributed by atoms with Crippen LogP contribution in [0.3, 0.4) is 0 Å². The van der Waals surface area contributed by atoms with E-state index in [1.807, 2.05) is 20.8 Å². The first-order valence-electron chi connectivity index (χ1n) is 7.24. The Balaban J connectivity index is 1.91. The molecule has 0 saturated carbocycles. The van der Waals surface area contributed by atoms with Crippen molar-refractivity contribution in [2.75, 3.05) is 6.54 Å². The van der Waals surface area contributed by atoms with Gasteiger partial charge in [0.05, 0.1) is 6.10 Å². The molecule has 1 amide bonds. The molecule has 0 radical (unpaired) electrons. The Hall–Kier alpha value is -1.99. The minimum absolute atomic E-state index is 0.0581. The highest BCUT2D eigenvalue weighted by molar-refractivity contribution is 6.30. The molecule has 124 valence electrons. The smallest absolute Gasteiger partial charge is 0.243 e. The van der Waals surface area contributed by atoms with Gasteiger partial charge in [0.25, 0.3) is 0 Å². The normalized spacial score (nSPS) is 12.9. The molecule has 0 aliphatic carbocycles. The second-order valence-electron chi connectivity index (χ2n) is 6.34. The van der Waals surface area contributed by atoms with Gasteiger partial charge in [0, 0.05) is 17.1 Å². The first-order valence-corrected chi connectivity index (χ1v) is 7.62. The van der Waals surface area contributed by atoms with E-state index in [-0.39, 0.29) is 24.4 Å². The first kappa shape index (κ1) is 17.4. The summed E-state index contributed by atoms with van der Waals surface area (Å²) in [5.74, 6) is 0.137. The Kier molecular flexibility index (Phi) is 5.33. The van der Waals surface area contributed by atoms with E-state index in [1.165, 1.54) is 4.80 Å². The van der Waals surface area contributed by atoms with Crippen molar-refractivity contribution in [1.29, 1.82) is 0 Å². The van der Waals surface area contributed by atoms with E-state index < -0.39 is 6.10 Å². The summed E-state index contributed by atoms with van der Waals surface area (Å²) in [5.41, 5.74) is 0.477. The summed E-state index contributed by atoms with van der Waals surface area (Å²) >= 11 is 5.83. The number of hydrogen-bond donors (Lipinski definition) is 2. The zero-order valence-corrected chi connectivity index (χ0v) is 14.1. The SMILES string of the molecule is CC(C)(C)C(O)CNC(=O)Cn1nnc(-c2ccc(Cl)cc2)n1. The summed E-state index contributed by atoms with van der Waals surface area (Å²) in [4.78, 5) is 13.1. The van der Waals surface area contributed by atoms with Gasteiger partial charge in [-0.2, -0.15) is 4.80 Å². The third-order valence-electron chi connectivity index (χ3n) is 3.33. The number of aliphatic hydroxyl groups is 1. The molecular formula is C15H20ClN5O2. The molecule has 0 bridgehead atoms. The molecule has 0 spiro atoms. The highest BCUT2D eigenvalue weighted by Crippen LogP contribution is 2.18. The van der Waals surface area contributed by atoms with Gasteiger partial charge in [0.2, 0.25) is 11.7 Å². The summed E-state index contributed by atoms with van der Waals surface area (Å²) in [6, 6.07) is 7.03. The minimum Gasteiger partial charge on any atom is -0.391 e. The Morgan fingerprint density at radius 1 is 1.35 bits per heavy atom. The number of amides is 1. The third-order valence-corrected chi connectivity index (χ3v) is 3.58. The highest BCUT2D eigenvalue weighted by atomic mass is 35.5. The van der Waals surface area contributed by atoms with Crippen LogP contribution in [0.5, 0.6) is 0 Å². The number of nitrogens with zero attached hydrogens (tertiary/aromatic N) is 4. The molecule has 1 aromatic carbocycles. The fourth-order valence-electron chi connectivity index (χ4n) is 1.73. The third kappa shape index (κ3) is 5.01. The maximum absolute atomic E-state index is 11.9.